The topological polar surface area (TPSA) is 0 Å². The summed E-state index contributed by atoms with van der Waals surface area (Å²) in [6.45, 7) is 6.77. The van der Waals surface area contributed by atoms with E-state index in [1.165, 1.54) is 20.9 Å². The van der Waals surface area contributed by atoms with Crippen molar-refractivity contribution >= 4 is 43.9 Å². The molecule has 21 heavy (non-hydrogen) atoms. The van der Waals surface area contributed by atoms with Crippen LogP contribution in [0.1, 0.15) is 42.0 Å². The van der Waals surface area contributed by atoms with E-state index in [-0.39, 0.29) is 5.41 Å². The molecule has 2 aromatic rings. The van der Waals surface area contributed by atoms with E-state index in [4.69, 9.17) is 0 Å². The van der Waals surface area contributed by atoms with Gasteiger partial charge in [0.15, 0.2) is 0 Å². The molecule has 0 fully saturated rings. The lowest BCUT2D eigenvalue weighted by Crippen LogP contribution is -2.10. The second-order valence-electron chi connectivity index (χ2n) is 6.36. The Bertz CT molecular complexity index is 633. The van der Waals surface area contributed by atoms with Gasteiger partial charge in [0.25, 0.3) is 0 Å². The number of benzene rings is 1. The maximum Gasteiger partial charge on any atom is 0.0598 e. The fourth-order valence-electron chi connectivity index (χ4n) is 2.44. The number of hydrogen-bond donors (Lipinski definition) is 0. The molecule has 3 heteroatoms. The van der Waals surface area contributed by atoms with Crippen LogP contribution in [-0.4, -0.2) is 4.83 Å². The van der Waals surface area contributed by atoms with Crippen LogP contribution in [0.3, 0.4) is 0 Å². The van der Waals surface area contributed by atoms with Crippen LogP contribution in [0, 0.1) is 0 Å². The van der Waals surface area contributed by atoms with Crippen LogP contribution in [0.15, 0.2) is 47.9 Å². The minimum Gasteiger partial charge on any atom is -0.148 e. The van der Waals surface area contributed by atoms with Crippen LogP contribution in [0.4, 0.5) is 0 Å². The van der Waals surface area contributed by atoms with Gasteiger partial charge in [-0.3, -0.25) is 0 Å². The predicted octanol–water partition coefficient (Wildman–Crippen LogP) is 6.64. The number of hydrogen-bond acceptors (Lipinski definition) is 2. The van der Waals surface area contributed by atoms with Crippen molar-refractivity contribution in [3.8, 4) is 0 Å². The molecule has 0 nitrogen and oxygen atoms in total. The van der Waals surface area contributed by atoms with Crippen molar-refractivity contribution in [3.05, 3.63) is 63.9 Å². The Morgan fingerprint density at radius 3 is 2.33 bits per heavy atom. The minimum absolute atomic E-state index is 0.215. The molecule has 2 unspecified atom stereocenters. The van der Waals surface area contributed by atoms with Gasteiger partial charge in [0.1, 0.15) is 0 Å². The molecule has 1 aromatic carbocycles. The molecule has 1 aromatic heterocycles. The molecule has 1 aliphatic heterocycles. The van der Waals surface area contributed by atoms with Crippen molar-refractivity contribution in [1.29, 1.82) is 0 Å². The van der Waals surface area contributed by atoms with Gasteiger partial charge in [-0.1, -0.05) is 73.1 Å². The SMILES string of the molecule is CC(C)(C)c1ccc(C2=CC(Br)C(c3cccs3)S2)cc1. The van der Waals surface area contributed by atoms with Crippen LogP contribution in [0.25, 0.3) is 4.91 Å². The zero-order valence-corrected chi connectivity index (χ0v) is 15.7. The van der Waals surface area contributed by atoms with Crippen molar-refractivity contribution in [2.75, 3.05) is 0 Å². The van der Waals surface area contributed by atoms with Gasteiger partial charge < -0.3 is 0 Å². The first kappa shape index (κ1) is 15.4. The van der Waals surface area contributed by atoms with Crippen molar-refractivity contribution in [1.82, 2.24) is 0 Å². The molecule has 0 bridgehead atoms. The van der Waals surface area contributed by atoms with Crippen LogP contribution < -0.4 is 0 Å². The fourth-order valence-corrected chi connectivity index (χ4v) is 5.90. The Hall–Kier alpha value is -0.510. The number of thiophene rings is 1. The van der Waals surface area contributed by atoms with Crippen molar-refractivity contribution < 1.29 is 0 Å². The molecule has 1 aliphatic rings. The molecule has 0 N–H and O–H groups in total. The molecular formula is C18H19BrS2. The van der Waals surface area contributed by atoms with Gasteiger partial charge in [-0.05, 0) is 28.0 Å². The summed E-state index contributed by atoms with van der Waals surface area (Å²) in [4.78, 5) is 3.24. The van der Waals surface area contributed by atoms with Crippen LogP contribution in [-0.2, 0) is 5.41 Å². The normalized spacial score (nSPS) is 22.4. The van der Waals surface area contributed by atoms with Crippen molar-refractivity contribution in [3.63, 3.8) is 0 Å². The zero-order chi connectivity index (χ0) is 15.0. The molecule has 0 aliphatic carbocycles. The largest absolute Gasteiger partial charge is 0.148 e. The van der Waals surface area contributed by atoms with Crippen molar-refractivity contribution in [2.24, 2.45) is 0 Å². The molecule has 3 rings (SSSR count). The van der Waals surface area contributed by atoms with Gasteiger partial charge in [0, 0.05) is 9.78 Å². The number of thioether (sulfide) groups is 1. The monoisotopic (exact) mass is 378 g/mol. The van der Waals surface area contributed by atoms with Gasteiger partial charge in [-0.2, -0.15) is 0 Å². The Kier molecular flexibility index (Phi) is 4.35. The first-order valence-corrected chi connectivity index (χ1v) is 9.79. The van der Waals surface area contributed by atoms with Gasteiger partial charge >= 0.3 is 0 Å². The average molecular weight is 379 g/mol. The Morgan fingerprint density at radius 1 is 1.05 bits per heavy atom. The highest BCUT2D eigenvalue weighted by atomic mass is 79.9. The lowest BCUT2D eigenvalue weighted by molar-refractivity contribution is 0.590. The average Bonchev–Trinajstić information content (AvgIpc) is 3.07. The fraction of sp³-hybridized carbons (Fsp3) is 0.333. The summed E-state index contributed by atoms with van der Waals surface area (Å²) in [5.74, 6) is 0. The van der Waals surface area contributed by atoms with Crippen LogP contribution in [0.2, 0.25) is 0 Å². The van der Waals surface area contributed by atoms with E-state index in [2.05, 4.69) is 84.6 Å². The third-order valence-corrected chi connectivity index (χ3v) is 7.39. The van der Waals surface area contributed by atoms with E-state index in [0.29, 0.717) is 10.1 Å². The molecular weight excluding hydrogens is 360 g/mol. The zero-order valence-electron chi connectivity index (χ0n) is 12.5. The lowest BCUT2D eigenvalue weighted by Gasteiger charge is -2.19. The summed E-state index contributed by atoms with van der Waals surface area (Å²) in [7, 11) is 0. The number of alkyl halides is 1. The van der Waals surface area contributed by atoms with E-state index in [9.17, 15) is 0 Å². The molecule has 0 radical (unpaired) electrons. The standard InChI is InChI=1S/C18H19BrS2/c1-18(2,3)13-8-6-12(7-9-13)16-11-14(19)17(21-16)15-5-4-10-20-15/h4-11,14,17H,1-3H3. The quantitative estimate of drug-likeness (QED) is 0.527. The first-order chi connectivity index (χ1) is 9.95. The molecule has 2 atom stereocenters. The Labute approximate surface area is 143 Å². The van der Waals surface area contributed by atoms with Gasteiger partial charge in [0.05, 0.1) is 10.1 Å². The molecule has 0 amide bonds. The predicted molar refractivity (Wildman–Crippen MR) is 100 cm³/mol. The van der Waals surface area contributed by atoms with E-state index >= 15 is 0 Å². The van der Waals surface area contributed by atoms with E-state index in [1.54, 1.807) is 0 Å². The molecule has 110 valence electrons. The summed E-state index contributed by atoms with van der Waals surface area (Å²) in [6, 6.07) is 13.4. The van der Waals surface area contributed by atoms with Gasteiger partial charge in [-0.15, -0.1) is 23.1 Å². The molecule has 0 saturated heterocycles. The maximum absolute atomic E-state index is 3.82. The maximum atomic E-state index is 3.82. The summed E-state index contributed by atoms with van der Waals surface area (Å²) in [6.07, 6.45) is 2.35. The van der Waals surface area contributed by atoms with Gasteiger partial charge in [0.2, 0.25) is 0 Å². The third-order valence-electron chi connectivity index (χ3n) is 3.71. The van der Waals surface area contributed by atoms with E-state index in [1.807, 2.05) is 23.1 Å². The van der Waals surface area contributed by atoms with Crippen LogP contribution in [0.5, 0.6) is 0 Å². The smallest absolute Gasteiger partial charge is 0.0598 e. The third kappa shape index (κ3) is 3.30. The highest BCUT2D eigenvalue weighted by Crippen LogP contribution is 2.51. The Balaban J connectivity index is 1.81. The summed E-state index contributed by atoms with van der Waals surface area (Å²) < 4.78 is 0. The summed E-state index contributed by atoms with van der Waals surface area (Å²) >= 11 is 7.63. The highest BCUT2D eigenvalue weighted by Gasteiger charge is 2.29. The number of rotatable bonds is 2. The Morgan fingerprint density at radius 2 is 1.76 bits per heavy atom. The second-order valence-corrected chi connectivity index (χ2v) is 9.58. The number of halogens is 1. The first-order valence-electron chi connectivity index (χ1n) is 7.12. The molecule has 0 saturated carbocycles. The molecule has 0 spiro atoms. The minimum atomic E-state index is 0.215. The van der Waals surface area contributed by atoms with E-state index < -0.39 is 0 Å². The van der Waals surface area contributed by atoms with Crippen LogP contribution >= 0.6 is 39.0 Å². The summed E-state index contributed by atoms with van der Waals surface area (Å²) in [5, 5.41) is 2.66. The highest BCUT2D eigenvalue weighted by molar-refractivity contribution is 9.09. The lowest BCUT2D eigenvalue weighted by atomic mass is 9.87. The van der Waals surface area contributed by atoms with E-state index in [0.717, 1.165) is 0 Å². The summed E-state index contributed by atoms with van der Waals surface area (Å²) in [5.41, 5.74) is 2.93. The second kappa shape index (κ2) is 5.94. The number of allylic oxidation sites excluding steroid dienone is 1. The van der Waals surface area contributed by atoms with Gasteiger partial charge in [-0.25, -0.2) is 0 Å². The molecule has 2 heterocycles. The van der Waals surface area contributed by atoms with Crippen molar-refractivity contribution in [2.45, 2.75) is 36.3 Å².